The van der Waals surface area contributed by atoms with Crippen LogP contribution in [0, 0.1) is 0 Å². The van der Waals surface area contributed by atoms with Crippen LogP contribution in [0.4, 0.5) is 0 Å². The summed E-state index contributed by atoms with van der Waals surface area (Å²) >= 11 is 1.52. The van der Waals surface area contributed by atoms with E-state index in [0.29, 0.717) is 41.6 Å². The molecule has 8 nitrogen and oxygen atoms in total. The number of nitrogens with one attached hydrogen (secondary N) is 1. The Morgan fingerprint density at radius 2 is 1.62 bits per heavy atom. The van der Waals surface area contributed by atoms with E-state index in [1.165, 1.54) is 36.7 Å². The Kier molecular flexibility index (Phi) is 7.32. The second-order valence-corrected chi connectivity index (χ2v) is 10.3. The van der Waals surface area contributed by atoms with Crippen LogP contribution in [-0.4, -0.2) is 62.2 Å². The van der Waals surface area contributed by atoms with Gasteiger partial charge in [0.1, 0.15) is 5.69 Å². The van der Waals surface area contributed by atoms with E-state index < -0.39 is 0 Å². The normalized spacial score (nSPS) is 15.8. The average Bonchev–Trinajstić information content (AvgIpc) is 3.59. The maximum Gasteiger partial charge on any atom is 0.270 e. The molecule has 2 amide bonds. The van der Waals surface area contributed by atoms with E-state index in [9.17, 15) is 9.59 Å². The molecule has 0 unspecified atom stereocenters. The van der Waals surface area contributed by atoms with Crippen molar-refractivity contribution in [3.63, 3.8) is 0 Å². The van der Waals surface area contributed by atoms with Crippen LogP contribution in [0.5, 0.6) is 17.2 Å². The minimum absolute atomic E-state index is 0.104. The summed E-state index contributed by atoms with van der Waals surface area (Å²) in [6, 6.07) is 11.9. The molecule has 1 aromatic heterocycles. The van der Waals surface area contributed by atoms with Gasteiger partial charge in [0.15, 0.2) is 11.5 Å². The molecule has 1 fully saturated rings. The third-order valence-electron chi connectivity index (χ3n) is 7.21. The van der Waals surface area contributed by atoms with E-state index in [4.69, 9.17) is 14.2 Å². The van der Waals surface area contributed by atoms with Crippen LogP contribution in [0.25, 0.3) is 0 Å². The summed E-state index contributed by atoms with van der Waals surface area (Å²) in [7, 11) is 4.59. The summed E-state index contributed by atoms with van der Waals surface area (Å²) in [5.74, 6) is 1.28. The number of piperidine rings is 1. The number of fused-ring (bicyclic) bond motifs is 1. The number of benzene rings is 2. The number of methoxy groups -OCH3 is 3. The molecule has 2 aromatic carbocycles. The first-order chi connectivity index (χ1) is 18.0. The Morgan fingerprint density at radius 3 is 2.24 bits per heavy atom. The molecule has 2 heterocycles. The molecule has 1 aliphatic carbocycles. The first kappa shape index (κ1) is 25.1. The van der Waals surface area contributed by atoms with Crippen molar-refractivity contribution in [2.24, 2.45) is 0 Å². The van der Waals surface area contributed by atoms with Gasteiger partial charge in [-0.3, -0.25) is 9.59 Å². The fraction of sp³-hybridized carbons (Fsp3) is 0.393. The van der Waals surface area contributed by atoms with Crippen LogP contribution in [0.1, 0.15) is 55.7 Å². The van der Waals surface area contributed by atoms with Crippen LogP contribution in [-0.2, 0) is 12.8 Å². The van der Waals surface area contributed by atoms with E-state index in [1.54, 1.807) is 19.2 Å². The molecule has 0 bridgehead atoms. The quantitative estimate of drug-likeness (QED) is 0.504. The lowest BCUT2D eigenvalue weighted by molar-refractivity contribution is 0.0708. The van der Waals surface area contributed by atoms with Gasteiger partial charge in [0.2, 0.25) is 5.75 Å². The van der Waals surface area contributed by atoms with Crippen molar-refractivity contribution in [3.8, 4) is 17.2 Å². The molecule has 0 atom stereocenters. The number of hydrogen-bond acceptors (Lipinski definition) is 7. The predicted octanol–water partition coefficient (Wildman–Crippen LogP) is 4.09. The highest BCUT2D eigenvalue weighted by molar-refractivity contribution is 7.09. The Balaban J connectivity index is 1.19. The number of carbonyl (C=O) groups excluding carboxylic acids is 2. The largest absolute Gasteiger partial charge is 0.493 e. The van der Waals surface area contributed by atoms with Gasteiger partial charge in [-0.05, 0) is 48.9 Å². The minimum Gasteiger partial charge on any atom is -0.493 e. The van der Waals surface area contributed by atoms with Gasteiger partial charge in [-0.15, -0.1) is 11.3 Å². The molecule has 2 aliphatic rings. The van der Waals surface area contributed by atoms with E-state index in [1.807, 2.05) is 22.4 Å². The molecule has 0 spiro atoms. The monoisotopic (exact) mass is 521 g/mol. The topological polar surface area (TPSA) is 90.0 Å². The third-order valence-corrected chi connectivity index (χ3v) is 8.21. The maximum absolute atomic E-state index is 13.3. The summed E-state index contributed by atoms with van der Waals surface area (Å²) in [5, 5.41) is 5.95. The zero-order chi connectivity index (χ0) is 25.9. The fourth-order valence-electron chi connectivity index (χ4n) is 5.27. The number of rotatable bonds is 7. The van der Waals surface area contributed by atoms with E-state index in [2.05, 4.69) is 22.4 Å². The SMILES string of the molecule is COc1ccc(C(=O)N2CCC(c3nc(C(=O)NC4Cc5ccccc5C4)cs3)CC2)c(OC)c1OC. The summed E-state index contributed by atoms with van der Waals surface area (Å²) in [4.78, 5) is 32.7. The Labute approximate surface area is 220 Å². The fourth-order valence-corrected chi connectivity index (χ4v) is 6.24. The summed E-state index contributed by atoms with van der Waals surface area (Å²) < 4.78 is 16.3. The van der Waals surface area contributed by atoms with Gasteiger partial charge in [0, 0.05) is 30.4 Å². The molecule has 0 saturated carbocycles. The van der Waals surface area contributed by atoms with Crippen molar-refractivity contribution in [3.05, 3.63) is 69.2 Å². The Bertz CT molecular complexity index is 1270. The number of aromatic nitrogens is 1. The highest BCUT2D eigenvalue weighted by Crippen LogP contribution is 2.41. The summed E-state index contributed by atoms with van der Waals surface area (Å²) in [5.41, 5.74) is 3.53. The number of thiazole rings is 1. The van der Waals surface area contributed by atoms with Crippen molar-refractivity contribution in [1.29, 1.82) is 0 Å². The van der Waals surface area contributed by atoms with Gasteiger partial charge in [-0.2, -0.15) is 0 Å². The van der Waals surface area contributed by atoms with Crippen LogP contribution >= 0.6 is 11.3 Å². The van der Waals surface area contributed by atoms with Crippen LogP contribution in [0.2, 0.25) is 0 Å². The molecule has 0 radical (unpaired) electrons. The Morgan fingerprint density at radius 1 is 0.946 bits per heavy atom. The number of nitrogens with zero attached hydrogens (tertiary/aromatic N) is 2. The highest BCUT2D eigenvalue weighted by atomic mass is 32.1. The lowest BCUT2D eigenvalue weighted by Crippen LogP contribution is -2.38. The maximum atomic E-state index is 13.3. The summed E-state index contributed by atoms with van der Waals surface area (Å²) in [6.07, 6.45) is 3.29. The second kappa shape index (κ2) is 10.8. The molecular weight excluding hydrogens is 490 g/mol. The number of amides is 2. The van der Waals surface area contributed by atoms with Crippen molar-refractivity contribution < 1.29 is 23.8 Å². The first-order valence-electron chi connectivity index (χ1n) is 12.4. The highest BCUT2D eigenvalue weighted by Gasteiger charge is 2.30. The van der Waals surface area contributed by atoms with Crippen LogP contribution < -0.4 is 19.5 Å². The molecular formula is C28H31N3O5S. The minimum atomic E-state index is -0.117. The predicted molar refractivity (Wildman–Crippen MR) is 141 cm³/mol. The van der Waals surface area contributed by atoms with Crippen molar-refractivity contribution in [1.82, 2.24) is 15.2 Å². The van der Waals surface area contributed by atoms with Crippen LogP contribution in [0.15, 0.2) is 41.8 Å². The summed E-state index contributed by atoms with van der Waals surface area (Å²) in [6.45, 7) is 1.20. The molecule has 5 rings (SSSR count). The number of carbonyl (C=O) groups is 2. The zero-order valence-electron chi connectivity index (χ0n) is 21.3. The average molecular weight is 522 g/mol. The molecule has 1 N–H and O–H groups in total. The van der Waals surface area contributed by atoms with Gasteiger partial charge in [-0.25, -0.2) is 4.98 Å². The smallest absolute Gasteiger partial charge is 0.270 e. The Hall–Kier alpha value is -3.59. The van der Waals surface area contributed by atoms with Crippen molar-refractivity contribution >= 4 is 23.2 Å². The number of hydrogen-bond donors (Lipinski definition) is 1. The van der Waals surface area contributed by atoms with E-state index >= 15 is 0 Å². The lowest BCUT2D eigenvalue weighted by Gasteiger charge is -2.31. The molecule has 1 saturated heterocycles. The van der Waals surface area contributed by atoms with E-state index in [0.717, 1.165) is 30.7 Å². The van der Waals surface area contributed by atoms with Crippen molar-refractivity contribution in [2.45, 2.75) is 37.6 Å². The zero-order valence-corrected chi connectivity index (χ0v) is 22.1. The standard InChI is InChI=1S/C28H31N3O5S/c1-34-23-9-8-21(24(35-2)25(23)36-3)28(33)31-12-10-17(11-13-31)27-30-22(16-37-27)26(32)29-20-14-18-6-4-5-7-19(18)15-20/h4-9,16-17,20H,10-15H2,1-3H3,(H,29,32). The molecule has 3 aromatic rings. The van der Waals surface area contributed by atoms with Gasteiger partial charge < -0.3 is 24.4 Å². The molecule has 194 valence electrons. The molecule has 9 heteroatoms. The van der Waals surface area contributed by atoms with Gasteiger partial charge in [0.05, 0.1) is 31.9 Å². The second-order valence-electron chi connectivity index (χ2n) is 9.37. The molecule has 1 aliphatic heterocycles. The van der Waals surface area contributed by atoms with Gasteiger partial charge >= 0.3 is 0 Å². The van der Waals surface area contributed by atoms with Crippen LogP contribution in [0.3, 0.4) is 0 Å². The first-order valence-corrected chi connectivity index (χ1v) is 13.3. The molecule has 37 heavy (non-hydrogen) atoms. The van der Waals surface area contributed by atoms with E-state index in [-0.39, 0.29) is 23.8 Å². The number of likely N-dealkylation sites (tertiary alicyclic amines) is 1. The van der Waals surface area contributed by atoms with Gasteiger partial charge in [0.25, 0.3) is 11.8 Å². The lowest BCUT2D eigenvalue weighted by atomic mass is 9.96. The van der Waals surface area contributed by atoms with Crippen molar-refractivity contribution in [2.75, 3.05) is 34.4 Å². The third kappa shape index (κ3) is 5.00. The van der Waals surface area contributed by atoms with Gasteiger partial charge in [-0.1, -0.05) is 24.3 Å². The number of ether oxygens (including phenoxy) is 3.